The lowest BCUT2D eigenvalue weighted by Crippen LogP contribution is -2.17. The summed E-state index contributed by atoms with van der Waals surface area (Å²) in [5, 5.41) is 10.2. The molecule has 0 aliphatic rings. The van der Waals surface area contributed by atoms with Crippen LogP contribution < -0.4 is 5.32 Å². The summed E-state index contributed by atoms with van der Waals surface area (Å²) in [5.74, 6) is -3.90. The molecule has 0 aromatic heterocycles. The van der Waals surface area contributed by atoms with Crippen molar-refractivity contribution < 1.29 is 32.3 Å². The third kappa shape index (κ3) is 3.72. The Bertz CT molecular complexity index is 485. The van der Waals surface area contributed by atoms with Crippen LogP contribution in [0.3, 0.4) is 0 Å². The molecule has 0 bridgehead atoms. The molecular formula is C10H7F4NO3. The molecule has 1 rings (SSSR count). The number of carboxylic acids is 1. The van der Waals surface area contributed by atoms with E-state index in [9.17, 15) is 27.2 Å². The molecule has 1 aromatic rings. The summed E-state index contributed by atoms with van der Waals surface area (Å²) >= 11 is 0. The second kappa shape index (κ2) is 5.03. The fourth-order valence-electron chi connectivity index (χ4n) is 1.16. The number of carbonyl (C=O) groups excluding carboxylic acids is 1. The highest BCUT2D eigenvalue weighted by Gasteiger charge is 2.34. The summed E-state index contributed by atoms with van der Waals surface area (Å²) in [7, 11) is 0. The predicted octanol–water partition coefficient (Wildman–Crippen LogP) is 2.26. The minimum atomic E-state index is -4.89. The van der Waals surface area contributed by atoms with Gasteiger partial charge in [0.05, 0.1) is 5.56 Å². The molecule has 0 saturated heterocycles. The van der Waals surface area contributed by atoms with Crippen molar-refractivity contribution in [1.82, 2.24) is 0 Å². The largest absolute Gasteiger partial charge is 0.481 e. The van der Waals surface area contributed by atoms with Gasteiger partial charge in [0, 0.05) is 5.69 Å². The van der Waals surface area contributed by atoms with E-state index >= 15 is 0 Å². The van der Waals surface area contributed by atoms with Crippen molar-refractivity contribution in [3.63, 3.8) is 0 Å². The number of benzene rings is 1. The van der Waals surface area contributed by atoms with Crippen molar-refractivity contribution in [2.24, 2.45) is 0 Å². The summed E-state index contributed by atoms with van der Waals surface area (Å²) in [6.45, 7) is 0. The highest BCUT2D eigenvalue weighted by atomic mass is 19.4. The monoisotopic (exact) mass is 265 g/mol. The van der Waals surface area contributed by atoms with E-state index in [0.717, 1.165) is 6.07 Å². The molecule has 2 N–H and O–H groups in total. The molecule has 98 valence electrons. The minimum Gasteiger partial charge on any atom is -0.481 e. The van der Waals surface area contributed by atoms with Gasteiger partial charge in [-0.15, -0.1) is 0 Å². The quantitative estimate of drug-likeness (QED) is 0.650. The summed E-state index contributed by atoms with van der Waals surface area (Å²) < 4.78 is 49.9. The number of carboxylic acid groups (broad SMARTS) is 1. The van der Waals surface area contributed by atoms with Crippen LogP contribution in [-0.2, 0) is 15.8 Å². The SMILES string of the molecule is O=C(O)CC(=O)Nc1ccc(F)c(C(F)(F)F)c1. The molecule has 0 aliphatic heterocycles. The lowest BCUT2D eigenvalue weighted by atomic mass is 10.1. The maximum absolute atomic E-state index is 12.9. The van der Waals surface area contributed by atoms with Gasteiger partial charge in [-0.3, -0.25) is 9.59 Å². The standard InChI is InChI=1S/C10H7F4NO3/c11-7-2-1-5(3-6(7)10(12,13)14)15-8(16)4-9(17)18/h1-3H,4H2,(H,15,16)(H,17,18). The lowest BCUT2D eigenvalue weighted by Gasteiger charge is -2.10. The second-order valence-electron chi connectivity index (χ2n) is 3.31. The maximum atomic E-state index is 12.9. The first-order valence-corrected chi connectivity index (χ1v) is 4.58. The van der Waals surface area contributed by atoms with Gasteiger partial charge >= 0.3 is 12.1 Å². The number of anilines is 1. The van der Waals surface area contributed by atoms with Gasteiger partial charge in [0.1, 0.15) is 12.2 Å². The fourth-order valence-corrected chi connectivity index (χ4v) is 1.16. The van der Waals surface area contributed by atoms with Crippen molar-refractivity contribution in [1.29, 1.82) is 0 Å². The molecule has 1 amide bonds. The predicted molar refractivity (Wildman–Crippen MR) is 52.3 cm³/mol. The van der Waals surface area contributed by atoms with Gasteiger partial charge in [0.2, 0.25) is 5.91 Å². The number of carbonyl (C=O) groups is 2. The zero-order chi connectivity index (χ0) is 13.9. The van der Waals surface area contributed by atoms with E-state index in [1.54, 1.807) is 0 Å². The van der Waals surface area contributed by atoms with Crippen LogP contribution in [0.1, 0.15) is 12.0 Å². The summed E-state index contributed by atoms with van der Waals surface area (Å²) in [6, 6.07) is 1.85. The van der Waals surface area contributed by atoms with Crippen LogP contribution in [0.5, 0.6) is 0 Å². The molecule has 0 atom stereocenters. The number of hydrogen-bond donors (Lipinski definition) is 2. The Balaban J connectivity index is 2.92. The zero-order valence-corrected chi connectivity index (χ0v) is 8.71. The number of nitrogens with one attached hydrogen (secondary N) is 1. The third-order valence-corrected chi connectivity index (χ3v) is 1.87. The van der Waals surface area contributed by atoms with Gasteiger partial charge in [-0.1, -0.05) is 0 Å². The van der Waals surface area contributed by atoms with Crippen LogP contribution in [0.4, 0.5) is 23.2 Å². The van der Waals surface area contributed by atoms with Crippen LogP contribution in [0, 0.1) is 5.82 Å². The normalized spacial score (nSPS) is 11.1. The van der Waals surface area contributed by atoms with Gasteiger partial charge in [-0.25, -0.2) is 4.39 Å². The highest BCUT2D eigenvalue weighted by Crippen LogP contribution is 2.32. The smallest absolute Gasteiger partial charge is 0.419 e. The topological polar surface area (TPSA) is 66.4 Å². The molecular weight excluding hydrogens is 258 g/mol. The van der Waals surface area contributed by atoms with Gasteiger partial charge in [0.25, 0.3) is 0 Å². The number of rotatable bonds is 3. The Morgan fingerprint density at radius 3 is 2.39 bits per heavy atom. The maximum Gasteiger partial charge on any atom is 0.419 e. The Hall–Kier alpha value is -2.12. The van der Waals surface area contributed by atoms with Crippen LogP contribution in [0.15, 0.2) is 18.2 Å². The van der Waals surface area contributed by atoms with Crippen LogP contribution in [0.2, 0.25) is 0 Å². The molecule has 4 nitrogen and oxygen atoms in total. The van der Waals surface area contributed by atoms with Crippen molar-refractivity contribution in [3.05, 3.63) is 29.6 Å². The average molecular weight is 265 g/mol. The van der Waals surface area contributed by atoms with Gasteiger partial charge in [0.15, 0.2) is 0 Å². The Kier molecular flexibility index (Phi) is 3.89. The second-order valence-corrected chi connectivity index (χ2v) is 3.31. The molecule has 0 heterocycles. The molecule has 0 aliphatic carbocycles. The molecule has 0 fully saturated rings. The van der Waals surface area contributed by atoms with Crippen LogP contribution >= 0.6 is 0 Å². The zero-order valence-electron chi connectivity index (χ0n) is 8.71. The third-order valence-electron chi connectivity index (χ3n) is 1.87. The van der Waals surface area contributed by atoms with Crippen molar-refractivity contribution in [2.45, 2.75) is 12.6 Å². The number of aliphatic carboxylic acids is 1. The number of hydrogen-bond acceptors (Lipinski definition) is 2. The lowest BCUT2D eigenvalue weighted by molar-refractivity contribution is -0.141. The Morgan fingerprint density at radius 1 is 1.28 bits per heavy atom. The summed E-state index contributed by atoms with van der Waals surface area (Å²) in [6.07, 6.45) is -5.78. The molecule has 8 heteroatoms. The van der Waals surface area contributed by atoms with E-state index < -0.39 is 35.9 Å². The van der Waals surface area contributed by atoms with Gasteiger partial charge in [-0.2, -0.15) is 13.2 Å². The number of alkyl halides is 3. The molecule has 0 saturated carbocycles. The average Bonchev–Trinajstić information content (AvgIpc) is 2.17. The summed E-state index contributed by atoms with van der Waals surface area (Å²) in [5.41, 5.74) is -1.86. The Labute approximate surface area is 98.2 Å². The summed E-state index contributed by atoms with van der Waals surface area (Å²) in [4.78, 5) is 21.2. The first-order chi connectivity index (χ1) is 8.20. The first kappa shape index (κ1) is 13.9. The first-order valence-electron chi connectivity index (χ1n) is 4.58. The number of halogens is 4. The van der Waals surface area contributed by atoms with Crippen molar-refractivity contribution in [3.8, 4) is 0 Å². The highest BCUT2D eigenvalue weighted by molar-refractivity contribution is 6.01. The van der Waals surface area contributed by atoms with E-state index in [0.29, 0.717) is 12.1 Å². The van der Waals surface area contributed by atoms with E-state index in [1.807, 2.05) is 5.32 Å². The number of amides is 1. The van der Waals surface area contributed by atoms with Crippen LogP contribution in [0.25, 0.3) is 0 Å². The molecule has 18 heavy (non-hydrogen) atoms. The fraction of sp³-hybridized carbons (Fsp3) is 0.200. The van der Waals surface area contributed by atoms with E-state index in [1.165, 1.54) is 0 Å². The molecule has 0 spiro atoms. The van der Waals surface area contributed by atoms with Crippen molar-refractivity contribution >= 4 is 17.6 Å². The van der Waals surface area contributed by atoms with Gasteiger partial charge in [-0.05, 0) is 18.2 Å². The van der Waals surface area contributed by atoms with E-state index in [4.69, 9.17) is 5.11 Å². The molecule has 1 aromatic carbocycles. The van der Waals surface area contributed by atoms with E-state index in [-0.39, 0.29) is 5.69 Å². The van der Waals surface area contributed by atoms with Crippen molar-refractivity contribution in [2.75, 3.05) is 5.32 Å². The molecule has 0 radical (unpaired) electrons. The van der Waals surface area contributed by atoms with E-state index in [2.05, 4.69) is 0 Å². The Morgan fingerprint density at radius 2 is 1.89 bits per heavy atom. The van der Waals surface area contributed by atoms with Gasteiger partial charge < -0.3 is 10.4 Å². The van der Waals surface area contributed by atoms with Crippen LogP contribution in [-0.4, -0.2) is 17.0 Å². The molecule has 0 unspecified atom stereocenters. The minimum absolute atomic E-state index is 0.324.